The van der Waals surface area contributed by atoms with Crippen LogP contribution in [-0.2, 0) is 16.1 Å². The standard InChI is InChI=1S/C20H24N2O3/c1-3-22(4-2)19(23)18(17-13-9-6-10-14-17)21-20(24)25-15-16-11-7-5-8-12-16/h5-14,18H,3-4,15H2,1-2H3,(H,21,24)/t18-/m1/s1. The molecule has 0 aromatic heterocycles. The van der Waals surface area contributed by atoms with Crippen LogP contribution >= 0.6 is 0 Å². The summed E-state index contributed by atoms with van der Waals surface area (Å²) in [5, 5.41) is 2.70. The highest BCUT2D eigenvalue weighted by atomic mass is 16.5. The summed E-state index contributed by atoms with van der Waals surface area (Å²) in [6.07, 6.45) is -0.613. The van der Waals surface area contributed by atoms with Gasteiger partial charge < -0.3 is 15.0 Å². The fourth-order valence-corrected chi connectivity index (χ4v) is 2.53. The Morgan fingerprint density at radius 1 is 0.960 bits per heavy atom. The maximum absolute atomic E-state index is 12.8. The molecule has 132 valence electrons. The third-order valence-corrected chi connectivity index (χ3v) is 3.93. The molecule has 0 radical (unpaired) electrons. The summed E-state index contributed by atoms with van der Waals surface area (Å²) in [4.78, 5) is 26.7. The fourth-order valence-electron chi connectivity index (χ4n) is 2.53. The van der Waals surface area contributed by atoms with Crippen LogP contribution in [0.4, 0.5) is 4.79 Å². The molecule has 2 rings (SSSR count). The van der Waals surface area contributed by atoms with Gasteiger partial charge in [0.15, 0.2) is 0 Å². The lowest BCUT2D eigenvalue weighted by Crippen LogP contribution is -2.43. The van der Waals surface area contributed by atoms with E-state index in [-0.39, 0.29) is 12.5 Å². The Hall–Kier alpha value is -2.82. The normalized spacial score (nSPS) is 11.4. The molecule has 0 saturated carbocycles. The van der Waals surface area contributed by atoms with Gasteiger partial charge in [-0.3, -0.25) is 4.79 Å². The third kappa shape index (κ3) is 5.35. The van der Waals surface area contributed by atoms with Gasteiger partial charge in [-0.05, 0) is 25.0 Å². The molecular formula is C20H24N2O3. The number of likely N-dealkylation sites (N-methyl/N-ethyl adjacent to an activating group) is 1. The smallest absolute Gasteiger partial charge is 0.408 e. The van der Waals surface area contributed by atoms with Crippen LogP contribution in [0.2, 0.25) is 0 Å². The van der Waals surface area contributed by atoms with Gasteiger partial charge in [-0.15, -0.1) is 0 Å². The summed E-state index contributed by atoms with van der Waals surface area (Å²) in [5.41, 5.74) is 1.63. The lowest BCUT2D eigenvalue weighted by atomic mass is 10.1. The molecule has 0 unspecified atom stereocenters. The number of nitrogens with zero attached hydrogens (tertiary/aromatic N) is 1. The number of rotatable bonds is 7. The molecule has 0 heterocycles. The Morgan fingerprint density at radius 2 is 1.52 bits per heavy atom. The molecule has 5 heteroatoms. The van der Waals surface area contributed by atoms with Crippen molar-refractivity contribution in [3.8, 4) is 0 Å². The number of ether oxygens (including phenoxy) is 1. The second-order valence-electron chi connectivity index (χ2n) is 5.56. The van der Waals surface area contributed by atoms with E-state index in [0.717, 1.165) is 11.1 Å². The predicted molar refractivity (Wildman–Crippen MR) is 96.9 cm³/mol. The molecule has 0 fully saturated rings. The van der Waals surface area contributed by atoms with Crippen molar-refractivity contribution in [2.24, 2.45) is 0 Å². The van der Waals surface area contributed by atoms with E-state index in [1.54, 1.807) is 4.90 Å². The van der Waals surface area contributed by atoms with Crippen molar-refractivity contribution in [1.29, 1.82) is 0 Å². The fraction of sp³-hybridized carbons (Fsp3) is 0.300. The van der Waals surface area contributed by atoms with Gasteiger partial charge in [0.2, 0.25) is 5.91 Å². The molecule has 2 aromatic carbocycles. The first-order valence-electron chi connectivity index (χ1n) is 8.46. The van der Waals surface area contributed by atoms with Gasteiger partial charge >= 0.3 is 6.09 Å². The number of hydrogen-bond acceptors (Lipinski definition) is 3. The van der Waals surface area contributed by atoms with E-state index in [2.05, 4.69) is 5.32 Å². The molecule has 0 aliphatic carbocycles. The molecule has 0 spiro atoms. The van der Waals surface area contributed by atoms with Gasteiger partial charge in [-0.1, -0.05) is 60.7 Å². The second-order valence-corrected chi connectivity index (χ2v) is 5.56. The van der Waals surface area contributed by atoms with Crippen LogP contribution in [0.25, 0.3) is 0 Å². The van der Waals surface area contributed by atoms with E-state index in [1.807, 2.05) is 74.5 Å². The molecule has 2 aromatic rings. The van der Waals surface area contributed by atoms with Gasteiger partial charge in [0.25, 0.3) is 0 Å². The highest BCUT2D eigenvalue weighted by molar-refractivity contribution is 5.86. The third-order valence-electron chi connectivity index (χ3n) is 3.93. The van der Waals surface area contributed by atoms with Gasteiger partial charge in [-0.2, -0.15) is 0 Å². The first kappa shape index (κ1) is 18.5. The number of alkyl carbamates (subject to hydrolysis) is 1. The van der Waals surface area contributed by atoms with Crippen LogP contribution in [0, 0.1) is 0 Å². The zero-order valence-electron chi connectivity index (χ0n) is 14.6. The predicted octanol–water partition coefficient (Wildman–Crippen LogP) is 3.52. The largest absolute Gasteiger partial charge is 0.445 e. The van der Waals surface area contributed by atoms with Crippen molar-refractivity contribution < 1.29 is 14.3 Å². The molecule has 1 N–H and O–H groups in total. The topological polar surface area (TPSA) is 58.6 Å². The molecule has 0 aliphatic heterocycles. The molecule has 1 atom stereocenters. The molecule has 0 aliphatic rings. The van der Waals surface area contributed by atoms with Crippen LogP contribution < -0.4 is 5.32 Å². The zero-order chi connectivity index (χ0) is 18.1. The van der Waals surface area contributed by atoms with E-state index in [1.165, 1.54) is 0 Å². The summed E-state index contributed by atoms with van der Waals surface area (Å²) < 4.78 is 5.26. The minimum absolute atomic E-state index is 0.145. The quantitative estimate of drug-likeness (QED) is 0.839. The Labute approximate surface area is 148 Å². The van der Waals surface area contributed by atoms with Crippen molar-refractivity contribution in [1.82, 2.24) is 10.2 Å². The van der Waals surface area contributed by atoms with Crippen molar-refractivity contribution >= 4 is 12.0 Å². The molecule has 2 amide bonds. The molecule has 25 heavy (non-hydrogen) atoms. The highest BCUT2D eigenvalue weighted by Crippen LogP contribution is 2.16. The first-order chi connectivity index (χ1) is 12.2. The maximum atomic E-state index is 12.8. The van der Waals surface area contributed by atoms with Gasteiger partial charge in [-0.25, -0.2) is 4.79 Å². The summed E-state index contributed by atoms with van der Waals surface area (Å²) in [6.45, 7) is 5.15. The second kappa shape index (κ2) is 9.47. The zero-order valence-corrected chi connectivity index (χ0v) is 14.6. The van der Waals surface area contributed by atoms with Gasteiger partial charge in [0, 0.05) is 13.1 Å². The Balaban J connectivity index is 2.07. The monoisotopic (exact) mass is 340 g/mol. The minimum atomic E-state index is -0.760. The molecule has 0 saturated heterocycles. The summed E-state index contributed by atoms with van der Waals surface area (Å²) >= 11 is 0. The Kier molecular flexibility index (Phi) is 7.01. The average molecular weight is 340 g/mol. The summed E-state index contributed by atoms with van der Waals surface area (Å²) in [6, 6.07) is 17.9. The van der Waals surface area contributed by atoms with Crippen LogP contribution in [0.5, 0.6) is 0 Å². The Bertz CT molecular complexity index is 670. The SMILES string of the molecule is CCN(CC)C(=O)[C@H](NC(=O)OCc1ccccc1)c1ccccc1. The van der Waals surface area contributed by atoms with Crippen molar-refractivity contribution in [3.05, 3.63) is 71.8 Å². The molecular weight excluding hydrogens is 316 g/mol. The van der Waals surface area contributed by atoms with E-state index in [4.69, 9.17) is 4.74 Å². The van der Waals surface area contributed by atoms with E-state index >= 15 is 0 Å². The highest BCUT2D eigenvalue weighted by Gasteiger charge is 2.26. The number of nitrogens with one attached hydrogen (secondary N) is 1. The van der Waals surface area contributed by atoms with Crippen molar-refractivity contribution in [2.75, 3.05) is 13.1 Å². The van der Waals surface area contributed by atoms with Gasteiger partial charge in [0.05, 0.1) is 0 Å². The number of carbonyl (C=O) groups is 2. The molecule has 5 nitrogen and oxygen atoms in total. The van der Waals surface area contributed by atoms with E-state index < -0.39 is 12.1 Å². The van der Waals surface area contributed by atoms with Crippen molar-refractivity contribution in [3.63, 3.8) is 0 Å². The van der Waals surface area contributed by atoms with E-state index in [9.17, 15) is 9.59 Å². The van der Waals surface area contributed by atoms with Crippen LogP contribution in [0.15, 0.2) is 60.7 Å². The van der Waals surface area contributed by atoms with Gasteiger partial charge in [0.1, 0.15) is 12.6 Å². The first-order valence-corrected chi connectivity index (χ1v) is 8.46. The van der Waals surface area contributed by atoms with Crippen LogP contribution in [0.3, 0.4) is 0 Å². The van der Waals surface area contributed by atoms with Crippen LogP contribution in [0.1, 0.15) is 31.0 Å². The average Bonchev–Trinajstić information content (AvgIpc) is 2.67. The number of amides is 2. The van der Waals surface area contributed by atoms with E-state index in [0.29, 0.717) is 13.1 Å². The number of benzene rings is 2. The lowest BCUT2D eigenvalue weighted by molar-refractivity contribution is -0.133. The van der Waals surface area contributed by atoms with Crippen molar-refractivity contribution in [2.45, 2.75) is 26.5 Å². The number of hydrogen-bond donors (Lipinski definition) is 1. The molecule has 0 bridgehead atoms. The Morgan fingerprint density at radius 3 is 2.08 bits per heavy atom. The van der Waals surface area contributed by atoms with Crippen LogP contribution in [-0.4, -0.2) is 30.0 Å². The summed E-state index contributed by atoms with van der Waals surface area (Å²) in [5.74, 6) is -0.145. The maximum Gasteiger partial charge on any atom is 0.408 e. The lowest BCUT2D eigenvalue weighted by Gasteiger charge is -2.26. The minimum Gasteiger partial charge on any atom is -0.445 e. The number of carbonyl (C=O) groups excluding carboxylic acids is 2. The summed E-state index contributed by atoms with van der Waals surface area (Å²) in [7, 11) is 0.